The minimum absolute atomic E-state index is 0.385. The molecule has 1 N–H and O–H groups in total. The first-order chi connectivity index (χ1) is 21.9. The SMILES string of the molecule is COCc1cc(COc2c(C)cccc2-c2cccc(N3CC[C@H](C(=O)O)[C@H](OC)C3)n2)cc2c1CN(C1CCOCC1)CC2. The average Bonchev–Trinajstić information content (AvgIpc) is 3.07. The summed E-state index contributed by atoms with van der Waals surface area (Å²) < 4.78 is 23.4. The molecule has 6 rings (SSSR count). The van der Waals surface area contributed by atoms with Crippen molar-refractivity contribution in [3.8, 4) is 17.0 Å². The second kappa shape index (κ2) is 14.3. The third-order valence-electron chi connectivity index (χ3n) is 9.64. The Bertz CT molecular complexity index is 1490. The van der Waals surface area contributed by atoms with E-state index in [1.165, 1.54) is 16.7 Å². The number of carbonyl (C=O) groups is 1. The van der Waals surface area contributed by atoms with Crippen LogP contribution >= 0.6 is 0 Å². The van der Waals surface area contributed by atoms with Gasteiger partial charge < -0.3 is 29.0 Å². The zero-order valence-electron chi connectivity index (χ0n) is 26.7. The molecule has 0 unspecified atom stereocenters. The number of hydrogen-bond acceptors (Lipinski definition) is 8. The zero-order chi connectivity index (χ0) is 31.3. The summed E-state index contributed by atoms with van der Waals surface area (Å²) >= 11 is 0. The van der Waals surface area contributed by atoms with E-state index >= 15 is 0 Å². The van der Waals surface area contributed by atoms with Crippen LogP contribution in [0.5, 0.6) is 5.75 Å². The van der Waals surface area contributed by atoms with Crippen molar-refractivity contribution in [2.24, 2.45) is 5.92 Å². The van der Waals surface area contributed by atoms with Gasteiger partial charge in [0, 0.05) is 65.2 Å². The van der Waals surface area contributed by atoms with E-state index in [-0.39, 0.29) is 6.10 Å². The lowest BCUT2D eigenvalue weighted by molar-refractivity contribution is -0.147. The predicted molar refractivity (Wildman–Crippen MR) is 173 cm³/mol. The Hall–Kier alpha value is -3.50. The van der Waals surface area contributed by atoms with E-state index in [9.17, 15) is 9.90 Å². The molecule has 0 amide bonds. The van der Waals surface area contributed by atoms with E-state index in [4.69, 9.17) is 23.9 Å². The molecule has 2 aromatic carbocycles. The average molecular weight is 616 g/mol. The third-order valence-corrected chi connectivity index (χ3v) is 9.64. The summed E-state index contributed by atoms with van der Waals surface area (Å²) in [6, 6.07) is 17.3. The van der Waals surface area contributed by atoms with Gasteiger partial charge in [-0.15, -0.1) is 0 Å². The number of para-hydroxylation sites is 1. The number of aromatic nitrogens is 1. The fraction of sp³-hybridized carbons (Fsp3) is 0.500. The van der Waals surface area contributed by atoms with Gasteiger partial charge in [0.2, 0.25) is 0 Å². The molecule has 3 aliphatic rings. The summed E-state index contributed by atoms with van der Waals surface area (Å²) in [6.45, 7) is 7.93. The van der Waals surface area contributed by atoms with Crippen molar-refractivity contribution in [3.63, 3.8) is 0 Å². The quantitative estimate of drug-likeness (QED) is 0.329. The van der Waals surface area contributed by atoms with Crippen LogP contribution in [0.4, 0.5) is 5.82 Å². The van der Waals surface area contributed by atoms with E-state index in [1.807, 2.05) is 24.3 Å². The normalized spacial score (nSPS) is 21.0. The number of methoxy groups -OCH3 is 2. The highest BCUT2D eigenvalue weighted by Crippen LogP contribution is 2.35. The van der Waals surface area contributed by atoms with Crippen LogP contribution in [0.3, 0.4) is 0 Å². The van der Waals surface area contributed by atoms with Crippen molar-refractivity contribution in [2.45, 2.75) is 64.5 Å². The first-order valence-corrected chi connectivity index (χ1v) is 16.1. The highest BCUT2D eigenvalue weighted by atomic mass is 16.5. The van der Waals surface area contributed by atoms with Crippen LogP contribution in [-0.2, 0) is 45.2 Å². The van der Waals surface area contributed by atoms with E-state index in [1.54, 1.807) is 14.2 Å². The number of aryl methyl sites for hydroxylation is 1. The van der Waals surface area contributed by atoms with Gasteiger partial charge in [0.05, 0.1) is 24.3 Å². The Kier molecular flexibility index (Phi) is 10.00. The van der Waals surface area contributed by atoms with Gasteiger partial charge in [-0.2, -0.15) is 0 Å². The fourth-order valence-electron chi connectivity index (χ4n) is 7.17. The monoisotopic (exact) mass is 615 g/mol. The largest absolute Gasteiger partial charge is 0.488 e. The van der Waals surface area contributed by atoms with Crippen molar-refractivity contribution in [3.05, 3.63) is 76.3 Å². The molecule has 2 fully saturated rings. The lowest BCUT2D eigenvalue weighted by Gasteiger charge is -2.38. The van der Waals surface area contributed by atoms with Crippen molar-refractivity contribution < 1.29 is 28.8 Å². The molecule has 0 saturated carbocycles. The number of anilines is 1. The molecule has 9 nitrogen and oxygen atoms in total. The molecule has 0 spiro atoms. The molecule has 0 radical (unpaired) electrons. The standard InChI is InChI=1S/C36H45N3O6/c1-24-6-4-7-29(32-8-5-9-34(37-32)39-15-11-30(36(40)41)33(21-39)43-3)35(24)45-22-25-18-26-10-14-38(28-12-16-44-17-13-28)20-31(26)27(19-25)23-42-2/h4-9,18-19,28,30,33H,10-17,20-23H2,1-3H3,(H,40,41)/t30-,33+/m0/s1. The van der Waals surface area contributed by atoms with Crippen LogP contribution in [0.2, 0.25) is 0 Å². The second-order valence-corrected chi connectivity index (χ2v) is 12.5. The topological polar surface area (TPSA) is 93.6 Å². The maximum atomic E-state index is 11.7. The molecular formula is C36H45N3O6. The van der Waals surface area contributed by atoms with E-state index in [0.29, 0.717) is 38.8 Å². The Labute approximate surface area is 266 Å². The molecule has 3 aromatic rings. The Morgan fingerprint density at radius 1 is 1.04 bits per heavy atom. The summed E-state index contributed by atoms with van der Waals surface area (Å²) in [4.78, 5) is 21.5. The van der Waals surface area contributed by atoms with Gasteiger partial charge in [0.25, 0.3) is 0 Å². The smallest absolute Gasteiger partial charge is 0.309 e. The number of carboxylic acid groups (broad SMARTS) is 1. The number of piperidine rings is 1. The number of benzene rings is 2. The molecule has 1 aromatic heterocycles. The Morgan fingerprint density at radius 3 is 2.64 bits per heavy atom. The minimum Gasteiger partial charge on any atom is -0.488 e. The van der Waals surface area contributed by atoms with Crippen LogP contribution in [0.25, 0.3) is 11.3 Å². The van der Waals surface area contributed by atoms with Crippen LogP contribution in [0.15, 0.2) is 48.5 Å². The predicted octanol–water partition coefficient (Wildman–Crippen LogP) is 5.25. The maximum absolute atomic E-state index is 11.7. The van der Waals surface area contributed by atoms with Gasteiger partial charge in [-0.05, 0) is 84.7 Å². The summed E-state index contributed by atoms with van der Waals surface area (Å²) in [6.07, 6.45) is 3.36. The number of nitrogens with zero attached hydrogens (tertiary/aromatic N) is 3. The zero-order valence-corrected chi connectivity index (χ0v) is 26.7. The molecule has 2 saturated heterocycles. The molecule has 9 heteroatoms. The van der Waals surface area contributed by atoms with Crippen molar-refractivity contribution in [2.75, 3.05) is 52.0 Å². The molecule has 4 heterocycles. The lowest BCUT2D eigenvalue weighted by atomic mass is 9.91. The first-order valence-electron chi connectivity index (χ1n) is 16.1. The number of hydrogen-bond donors (Lipinski definition) is 1. The molecule has 240 valence electrons. The van der Waals surface area contributed by atoms with Gasteiger partial charge in [0.15, 0.2) is 0 Å². The number of pyridine rings is 1. The van der Waals surface area contributed by atoms with Gasteiger partial charge in [0.1, 0.15) is 18.2 Å². The van der Waals surface area contributed by atoms with Crippen molar-refractivity contribution in [1.29, 1.82) is 0 Å². The summed E-state index contributed by atoms with van der Waals surface area (Å²) in [5.41, 5.74) is 7.98. The first kappa shape index (κ1) is 31.5. The highest BCUT2D eigenvalue weighted by molar-refractivity contribution is 5.72. The maximum Gasteiger partial charge on any atom is 0.309 e. The number of fused-ring (bicyclic) bond motifs is 1. The number of carboxylic acids is 1. The molecule has 2 atom stereocenters. The van der Waals surface area contributed by atoms with Crippen LogP contribution in [-0.4, -0.2) is 80.2 Å². The molecule has 0 aliphatic carbocycles. The van der Waals surface area contributed by atoms with Gasteiger partial charge >= 0.3 is 5.97 Å². The minimum atomic E-state index is -0.810. The number of aliphatic carboxylic acids is 1. The van der Waals surface area contributed by atoms with Crippen LogP contribution in [0.1, 0.15) is 47.1 Å². The van der Waals surface area contributed by atoms with E-state index in [2.05, 4.69) is 41.0 Å². The Morgan fingerprint density at radius 2 is 1.87 bits per heavy atom. The van der Waals surface area contributed by atoms with Gasteiger partial charge in [-0.3, -0.25) is 9.69 Å². The van der Waals surface area contributed by atoms with E-state index in [0.717, 1.165) is 79.5 Å². The van der Waals surface area contributed by atoms with Crippen LogP contribution in [0, 0.1) is 12.8 Å². The van der Waals surface area contributed by atoms with Crippen molar-refractivity contribution >= 4 is 11.8 Å². The number of rotatable bonds is 10. The third kappa shape index (κ3) is 7.02. The highest BCUT2D eigenvalue weighted by Gasteiger charge is 2.35. The fourth-order valence-corrected chi connectivity index (χ4v) is 7.17. The van der Waals surface area contributed by atoms with Gasteiger partial charge in [-0.1, -0.05) is 24.3 Å². The molecule has 45 heavy (non-hydrogen) atoms. The molecular weight excluding hydrogens is 570 g/mol. The number of ether oxygens (including phenoxy) is 4. The summed E-state index contributed by atoms with van der Waals surface area (Å²) in [5, 5.41) is 9.60. The molecule has 3 aliphatic heterocycles. The van der Waals surface area contributed by atoms with Crippen LogP contribution < -0.4 is 9.64 Å². The molecule has 0 bridgehead atoms. The van der Waals surface area contributed by atoms with Crippen molar-refractivity contribution in [1.82, 2.24) is 9.88 Å². The second-order valence-electron chi connectivity index (χ2n) is 12.5. The lowest BCUT2D eigenvalue weighted by Crippen LogP contribution is -2.47. The summed E-state index contributed by atoms with van der Waals surface area (Å²) in [5.74, 6) is 0.304. The summed E-state index contributed by atoms with van der Waals surface area (Å²) in [7, 11) is 3.34. The van der Waals surface area contributed by atoms with Gasteiger partial charge in [-0.25, -0.2) is 4.98 Å². The Balaban J connectivity index is 1.21. The van der Waals surface area contributed by atoms with E-state index < -0.39 is 11.9 Å².